The van der Waals surface area contributed by atoms with Crippen molar-refractivity contribution in [2.24, 2.45) is 0 Å². The number of benzene rings is 2. The second-order valence-corrected chi connectivity index (χ2v) is 5.27. The maximum Gasteiger partial charge on any atom is 0.387 e. The molecule has 132 valence electrons. The van der Waals surface area contributed by atoms with Crippen molar-refractivity contribution in [3.8, 4) is 24.0 Å². The highest BCUT2D eigenvalue weighted by Crippen LogP contribution is 2.27. The minimum absolute atomic E-state index is 0.0182. The molecule has 3 rings (SSSR count). The summed E-state index contributed by atoms with van der Waals surface area (Å²) in [5.41, 5.74) is -0.188. The van der Waals surface area contributed by atoms with Crippen LogP contribution < -0.4 is 15.0 Å². The Kier molecular flexibility index (Phi) is 4.85. The first-order chi connectivity index (χ1) is 12.5. The van der Waals surface area contributed by atoms with Gasteiger partial charge in [0.25, 0.3) is 5.56 Å². The normalized spacial score (nSPS) is 10.7. The number of pyridine rings is 1. The highest BCUT2D eigenvalue weighted by atomic mass is 19.3. The molecule has 4 nitrogen and oxygen atoms in total. The Hall–Kier alpha value is -3.40. The van der Waals surface area contributed by atoms with Crippen molar-refractivity contribution in [1.82, 2.24) is 4.98 Å². The molecule has 0 spiro atoms. The summed E-state index contributed by atoms with van der Waals surface area (Å²) in [5.74, 6) is 1.65. The standard InChI is InChI=1S/C19H12F3NO3/c1-2-13-14-8-7-12(20)9-15(14)18(23-17(13)24)25-10-11-5-3-4-6-16(11)26-19(21)22/h1,3-9,19H,10H2,(H,23,24). The maximum atomic E-state index is 13.6. The number of hydrogen-bond donors (Lipinski definition) is 1. The zero-order chi connectivity index (χ0) is 18.7. The lowest BCUT2D eigenvalue weighted by atomic mass is 10.1. The van der Waals surface area contributed by atoms with E-state index in [1.807, 2.05) is 0 Å². The predicted molar refractivity (Wildman–Crippen MR) is 89.9 cm³/mol. The van der Waals surface area contributed by atoms with Gasteiger partial charge in [0.15, 0.2) is 0 Å². The van der Waals surface area contributed by atoms with Crippen LogP contribution in [0.15, 0.2) is 47.3 Å². The zero-order valence-corrected chi connectivity index (χ0v) is 13.3. The Morgan fingerprint density at radius 3 is 2.65 bits per heavy atom. The molecule has 2 aromatic carbocycles. The number of terminal acetylenes is 1. The summed E-state index contributed by atoms with van der Waals surface area (Å²) in [6, 6.07) is 9.80. The van der Waals surface area contributed by atoms with Crippen molar-refractivity contribution < 1.29 is 22.6 Å². The number of nitrogens with one attached hydrogen (secondary N) is 1. The molecule has 0 bridgehead atoms. The number of aromatic amines is 1. The SMILES string of the molecule is C#Cc1c(=O)[nH]c(OCc2ccccc2OC(F)F)c2cc(F)ccc12. The van der Waals surface area contributed by atoms with Crippen LogP contribution in [0, 0.1) is 18.2 Å². The number of fused-ring (bicyclic) bond motifs is 1. The van der Waals surface area contributed by atoms with Gasteiger partial charge in [-0.15, -0.1) is 6.42 Å². The summed E-state index contributed by atoms with van der Waals surface area (Å²) in [4.78, 5) is 14.5. The number of alkyl halides is 2. The molecule has 1 heterocycles. The van der Waals surface area contributed by atoms with Gasteiger partial charge in [0.2, 0.25) is 5.88 Å². The molecule has 7 heteroatoms. The smallest absolute Gasteiger partial charge is 0.387 e. The fourth-order valence-corrected chi connectivity index (χ4v) is 2.52. The fraction of sp³-hybridized carbons (Fsp3) is 0.105. The Labute approximate surface area is 146 Å². The van der Waals surface area contributed by atoms with Gasteiger partial charge in [0.05, 0.1) is 5.56 Å². The van der Waals surface area contributed by atoms with Crippen LogP contribution in [0.3, 0.4) is 0 Å². The average molecular weight is 359 g/mol. The van der Waals surface area contributed by atoms with E-state index in [2.05, 4.69) is 15.6 Å². The molecule has 0 radical (unpaired) electrons. The highest BCUT2D eigenvalue weighted by Gasteiger charge is 2.14. The molecule has 0 aliphatic heterocycles. The van der Waals surface area contributed by atoms with E-state index in [1.165, 1.54) is 36.4 Å². The minimum Gasteiger partial charge on any atom is -0.473 e. The Bertz CT molecular complexity index is 1050. The van der Waals surface area contributed by atoms with Crippen LogP contribution in [-0.4, -0.2) is 11.6 Å². The van der Waals surface area contributed by atoms with Crippen LogP contribution in [0.25, 0.3) is 10.8 Å². The molecule has 0 aliphatic carbocycles. The highest BCUT2D eigenvalue weighted by molar-refractivity contribution is 5.91. The summed E-state index contributed by atoms with van der Waals surface area (Å²) in [5, 5.41) is 0.620. The van der Waals surface area contributed by atoms with Crippen molar-refractivity contribution in [3.63, 3.8) is 0 Å². The van der Waals surface area contributed by atoms with Gasteiger partial charge in [-0.05, 0) is 24.3 Å². The van der Waals surface area contributed by atoms with Crippen LogP contribution in [0.2, 0.25) is 0 Å². The number of halogens is 3. The summed E-state index contributed by atoms with van der Waals surface area (Å²) in [6.07, 6.45) is 5.34. The van der Waals surface area contributed by atoms with Crippen LogP contribution >= 0.6 is 0 Å². The molecule has 0 atom stereocenters. The van der Waals surface area contributed by atoms with Gasteiger partial charge < -0.3 is 9.47 Å². The molecule has 3 aromatic rings. The number of rotatable bonds is 5. The first-order valence-electron chi connectivity index (χ1n) is 7.47. The monoisotopic (exact) mass is 359 g/mol. The van der Waals surface area contributed by atoms with Gasteiger partial charge in [0.1, 0.15) is 18.2 Å². The van der Waals surface area contributed by atoms with Crippen molar-refractivity contribution in [3.05, 3.63) is 69.8 Å². The zero-order valence-electron chi connectivity index (χ0n) is 13.3. The van der Waals surface area contributed by atoms with Gasteiger partial charge in [0, 0.05) is 16.3 Å². The lowest BCUT2D eigenvalue weighted by Crippen LogP contribution is -2.13. The molecule has 0 saturated heterocycles. The van der Waals surface area contributed by atoms with E-state index < -0.39 is 18.0 Å². The van der Waals surface area contributed by atoms with E-state index in [4.69, 9.17) is 11.2 Å². The quantitative estimate of drug-likeness (QED) is 0.705. The second kappa shape index (κ2) is 7.23. The van der Waals surface area contributed by atoms with Crippen LogP contribution in [0.5, 0.6) is 11.6 Å². The van der Waals surface area contributed by atoms with Crippen molar-refractivity contribution >= 4 is 10.8 Å². The molecule has 0 unspecified atom stereocenters. The number of para-hydroxylation sites is 1. The number of ether oxygens (including phenoxy) is 2. The van der Waals surface area contributed by atoms with Gasteiger partial charge in [-0.2, -0.15) is 8.78 Å². The number of aromatic nitrogens is 1. The van der Waals surface area contributed by atoms with E-state index >= 15 is 0 Å². The van der Waals surface area contributed by atoms with E-state index in [1.54, 1.807) is 6.07 Å². The van der Waals surface area contributed by atoms with E-state index in [9.17, 15) is 18.0 Å². The fourth-order valence-electron chi connectivity index (χ4n) is 2.52. The van der Waals surface area contributed by atoms with Gasteiger partial charge in [-0.3, -0.25) is 9.78 Å². The van der Waals surface area contributed by atoms with E-state index in [0.29, 0.717) is 10.9 Å². The summed E-state index contributed by atoms with van der Waals surface area (Å²) in [7, 11) is 0. The van der Waals surface area contributed by atoms with Crippen molar-refractivity contribution in [2.75, 3.05) is 0 Å². The third kappa shape index (κ3) is 3.49. The topological polar surface area (TPSA) is 51.3 Å². The van der Waals surface area contributed by atoms with E-state index in [-0.39, 0.29) is 29.2 Å². The molecule has 0 saturated carbocycles. The molecule has 0 fully saturated rings. The Morgan fingerprint density at radius 1 is 1.15 bits per heavy atom. The molecular formula is C19H12F3NO3. The van der Waals surface area contributed by atoms with Crippen LogP contribution in [0.1, 0.15) is 11.1 Å². The van der Waals surface area contributed by atoms with Gasteiger partial charge >= 0.3 is 6.61 Å². The van der Waals surface area contributed by atoms with Crippen molar-refractivity contribution in [1.29, 1.82) is 0 Å². The molecule has 0 amide bonds. The number of hydrogen-bond acceptors (Lipinski definition) is 3. The van der Waals surface area contributed by atoms with Gasteiger partial charge in [-0.25, -0.2) is 4.39 Å². The number of H-pyrrole nitrogens is 1. The molecule has 1 aromatic heterocycles. The largest absolute Gasteiger partial charge is 0.473 e. The third-order valence-electron chi connectivity index (χ3n) is 3.65. The summed E-state index contributed by atoms with van der Waals surface area (Å²) >= 11 is 0. The van der Waals surface area contributed by atoms with Crippen LogP contribution in [0.4, 0.5) is 13.2 Å². The molecule has 0 aliphatic rings. The Balaban J connectivity index is 1.99. The predicted octanol–water partition coefficient (Wildman–Crippen LogP) is 3.83. The second-order valence-electron chi connectivity index (χ2n) is 5.27. The lowest BCUT2D eigenvalue weighted by Gasteiger charge is -2.13. The molecular weight excluding hydrogens is 347 g/mol. The average Bonchev–Trinajstić information content (AvgIpc) is 2.60. The maximum absolute atomic E-state index is 13.6. The molecule has 1 N–H and O–H groups in total. The van der Waals surface area contributed by atoms with Gasteiger partial charge in [-0.1, -0.05) is 24.1 Å². The first-order valence-corrected chi connectivity index (χ1v) is 7.47. The first kappa shape index (κ1) is 17.4. The van der Waals surface area contributed by atoms with E-state index in [0.717, 1.165) is 0 Å². The minimum atomic E-state index is -2.99. The van der Waals surface area contributed by atoms with Crippen molar-refractivity contribution in [2.45, 2.75) is 13.2 Å². The Morgan fingerprint density at radius 2 is 1.92 bits per heavy atom. The summed E-state index contributed by atoms with van der Waals surface area (Å²) < 4.78 is 48.6. The molecule has 26 heavy (non-hydrogen) atoms. The third-order valence-corrected chi connectivity index (χ3v) is 3.65. The summed E-state index contributed by atoms with van der Waals surface area (Å²) in [6.45, 7) is -3.17. The lowest BCUT2D eigenvalue weighted by molar-refractivity contribution is -0.0508. The van der Waals surface area contributed by atoms with Crippen LogP contribution in [-0.2, 0) is 6.61 Å².